The summed E-state index contributed by atoms with van der Waals surface area (Å²) < 4.78 is 6.70. The molecule has 0 aliphatic heterocycles. The van der Waals surface area contributed by atoms with Gasteiger partial charge in [0.15, 0.2) is 5.60 Å². The third-order valence-electron chi connectivity index (χ3n) is 3.30. The Kier molecular flexibility index (Phi) is 5.98. The Morgan fingerprint density at radius 2 is 1.84 bits per heavy atom. The van der Waals surface area contributed by atoms with Gasteiger partial charge in [0.2, 0.25) is 0 Å². The molecule has 1 amide bonds. The highest BCUT2D eigenvalue weighted by atomic mass is 79.9. The number of rotatable bonds is 6. The highest BCUT2D eigenvalue weighted by Crippen LogP contribution is 2.22. The fraction of sp³-hybridized carbons (Fsp3) is 0.158. The predicted molar refractivity (Wildman–Crippen MR) is 101 cm³/mol. The number of carboxylic acids is 1. The fourth-order valence-corrected chi connectivity index (χ4v) is 2.28. The van der Waals surface area contributed by atoms with Crippen LogP contribution in [0.2, 0.25) is 0 Å². The van der Waals surface area contributed by atoms with E-state index in [1.807, 2.05) is 12.1 Å². The van der Waals surface area contributed by atoms with Gasteiger partial charge in [-0.1, -0.05) is 28.1 Å². The molecule has 0 saturated heterocycles. The van der Waals surface area contributed by atoms with Gasteiger partial charge in [0.05, 0.1) is 0 Å². The third kappa shape index (κ3) is 5.76. The topological polar surface area (TPSA) is 75.6 Å². The quantitative estimate of drug-likeness (QED) is 0.703. The number of hydrogen-bond acceptors (Lipinski definition) is 3. The number of nitrogens with one attached hydrogen (secondary N) is 1. The SMILES string of the molecule is CC(C)(Oc1ccc(Br)cc1)C(=O)Nc1cccc(/C=C/C(=O)O)c1. The van der Waals surface area contributed by atoms with Gasteiger partial charge in [-0.15, -0.1) is 0 Å². The predicted octanol–water partition coefficient (Wildman–Crippen LogP) is 4.34. The van der Waals surface area contributed by atoms with Crippen molar-refractivity contribution in [1.82, 2.24) is 0 Å². The Labute approximate surface area is 154 Å². The van der Waals surface area contributed by atoms with Crippen molar-refractivity contribution in [2.24, 2.45) is 0 Å². The number of anilines is 1. The van der Waals surface area contributed by atoms with Crippen LogP contribution in [0.3, 0.4) is 0 Å². The molecule has 130 valence electrons. The molecule has 0 bridgehead atoms. The van der Waals surface area contributed by atoms with Crippen molar-refractivity contribution in [1.29, 1.82) is 0 Å². The average molecular weight is 404 g/mol. The van der Waals surface area contributed by atoms with Crippen LogP contribution in [0, 0.1) is 0 Å². The second-order valence-corrected chi connectivity index (χ2v) is 6.73. The van der Waals surface area contributed by atoms with Crippen molar-refractivity contribution in [2.75, 3.05) is 5.32 Å². The lowest BCUT2D eigenvalue weighted by molar-refractivity contribution is -0.131. The zero-order valence-corrected chi connectivity index (χ0v) is 15.4. The van der Waals surface area contributed by atoms with Crippen LogP contribution in [0.15, 0.2) is 59.1 Å². The monoisotopic (exact) mass is 403 g/mol. The summed E-state index contributed by atoms with van der Waals surface area (Å²) >= 11 is 3.35. The highest BCUT2D eigenvalue weighted by molar-refractivity contribution is 9.10. The molecule has 5 nitrogen and oxygen atoms in total. The maximum absolute atomic E-state index is 12.5. The minimum atomic E-state index is -1.08. The van der Waals surface area contributed by atoms with E-state index >= 15 is 0 Å². The van der Waals surface area contributed by atoms with Crippen LogP contribution < -0.4 is 10.1 Å². The zero-order chi connectivity index (χ0) is 18.4. The highest BCUT2D eigenvalue weighted by Gasteiger charge is 2.30. The first-order valence-corrected chi connectivity index (χ1v) is 8.33. The van der Waals surface area contributed by atoms with Gasteiger partial charge in [0, 0.05) is 16.2 Å². The van der Waals surface area contributed by atoms with E-state index in [9.17, 15) is 9.59 Å². The van der Waals surface area contributed by atoms with E-state index < -0.39 is 11.6 Å². The molecule has 2 aromatic carbocycles. The lowest BCUT2D eigenvalue weighted by Crippen LogP contribution is -2.42. The molecule has 0 aliphatic carbocycles. The zero-order valence-electron chi connectivity index (χ0n) is 13.8. The summed E-state index contributed by atoms with van der Waals surface area (Å²) in [5.41, 5.74) is 0.151. The van der Waals surface area contributed by atoms with E-state index in [1.165, 1.54) is 6.08 Å². The number of carbonyl (C=O) groups is 2. The molecule has 2 aromatic rings. The van der Waals surface area contributed by atoms with Crippen molar-refractivity contribution in [3.8, 4) is 5.75 Å². The van der Waals surface area contributed by atoms with E-state index in [4.69, 9.17) is 9.84 Å². The molecular formula is C19H18BrNO4. The maximum atomic E-state index is 12.5. The van der Waals surface area contributed by atoms with Crippen LogP contribution >= 0.6 is 15.9 Å². The number of ether oxygens (including phenoxy) is 1. The normalized spacial score (nSPS) is 11.3. The number of halogens is 1. The van der Waals surface area contributed by atoms with Crippen molar-refractivity contribution in [3.05, 3.63) is 64.6 Å². The third-order valence-corrected chi connectivity index (χ3v) is 3.82. The summed E-state index contributed by atoms with van der Waals surface area (Å²) in [4.78, 5) is 23.1. The molecule has 0 unspecified atom stereocenters. The van der Waals surface area contributed by atoms with E-state index in [0.29, 0.717) is 17.0 Å². The largest absolute Gasteiger partial charge is 0.478 e. The molecule has 25 heavy (non-hydrogen) atoms. The van der Waals surface area contributed by atoms with Crippen molar-refractivity contribution in [3.63, 3.8) is 0 Å². The van der Waals surface area contributed by atoms with Gasteiger partial charge < -0.3 is 15.2 Å². The van der Waals surface area contributed by atoms with Crippen LogP contribution in [-0.4, -0.2) is 22.6 Å². The maximum Gasteiger partial charge on any atom is 0.328 e. The second-order valence-electron chi connectivity index (χ2n) is 5.82. The molecule has 0 aliphatic rings. The first kappa shape index (κ1) is 18.7. The van der Waals surface area contributed by atoms with Crippen molar-refractivity contribution in [2.45, 2.75) is 19.4 Å². The van der Waals surface area contributed by atoms with E-state index in [2.05, 4.69) is 21.2 Å². The van der Waals surface area contributed by atoms with Crippen LogP contribution in [0.1, 0.15) is 19.4 Å². The number of benzene rings is 2. The summed E-state index contributed by atoms with van der Waals surface area (Å²) in [5, 5.41) is 11.5. The molecule has 0 saturated carbocycles. The fourth-order valence-electron chi connectivity index (χ4n) is 2.01. The second kappa shape index (κ2) is 7.98. The van der Waals surface area contributed by atoms with Gasteiger partial charge in [0.25, 0.3) is 5.91 Å². The van der Waals surface area contributed by atoms with E-state index in [1.54, 1.807) is 50.2 Å². The molecule has 0 heterocycles. The van der Waals surface area contributed by atoms with Crippen LogP contribution in [0.4, 0.5) is 5.69 Å². The molecular weight excluding hydrogens is 386 g/mol. The smallest absolute Gasteiger partial charge is 0.328 e. The Morgan fingerprint density at radius 1 is 1.16 bits per heavy atom. The van der Waals surface area contributed by atoms with Gasteiger partial charge in [-0.2, -0.15) is 0 Å². The standard InChI is InChI=1S/C19H18BrNO4/c1-19(2,25-16-9-7-14(20)8-10-16)18(24)21-15-5-3-4-13(12-15)6-11-17(22)23/h3-12H,1-2H3,(H,21,24)(H,22,23)/b11-6+. The summed E-state index contributed by atoms with van der Waals surface area (Å²) in [6, 6.07) is 14.1. The molecule has 2 rings (SSSR count). The Bertz CT molecular complexity index is 797. The van der Waals surface area contributed by atoms with Crippen molar-refractivity contribution < 1.29 is 19.4 Å². The number of carbonyl (C=O) groups excluding carboxylic acids is 1. The van der Waals surface area contributed by atoms with Crippen LogP contribution in [-0.2, 0) is 9.59 Å². The molecule has 0 aromatic heterocycles. The summed E-state index contributed by atoms with van der Waals surface area (Å²) in [7, 11) is 0. The lowest BCUT2D eigenvalue weighted by atomic mass is 10.1. The van der Waals surface area contributed by atoms with Gasteiger partial charge in [-0.05, 0) is 61.9 Å². The van der Waals surface area contributed by atoms with Crippen molar-refractivity contribution >= 4 is 39.6 Å². The van der Waals surface area contributed by atoms with Gasteiger partial charge >= 0.3 is 5.97 Å². The summed E-state index contributed by atoms with van der Waals surface area (Å²) in [6.07, 6.45) is 2.50. The number of aliphatic carboxylic acids is 1. The molecule has 0 atom stereocenters. The first-order valence-electron chi connectivity index (χ1n) is 7.53. The minimum Gasteiger partial charge on any atom is -0.478 e. The van der Waals surface area contributed by atoms with Gasteiger partial charge in [-0.25, -0.2) is 4.79 Å². The first-order chi connectivity index (χ1) is 11.8. The minimum absolute atomic E-state index is 0.310. The van der Waals surface area contributed by atoms with Crippen LogP contribution in [0.5, 0.6) is 5.75 Å². The molecule has 2 N–H and O–H groups in total. The van der Waals surface area contributed by atoms with E-state index in [-0.39, 0.29) is 5.91 Å². The molecule has 0 fully saturated rings. The average Bonchev–Trinajstić information content (AvgIpc) is 2.55. The number of carboxylic acid groups (broad SMARTS) is 1. The Hall–Kier alpha value is -2.60. The molecule has 0 spiro atoms. The summed E-state index contributed by atoms with van der Waals surface area (Å²) in [5.74, 6) is -0.755. The molecule has 6 heteroatoms. The number of amides is 1. The van der Waals surface area contributed by atoms with Gasteiger partial charge in [-0.3, -0.25) is 4.79 Å². The lowest BCUT2D eigenvalue weighted by Gasteiger charge is -2.25. The number of hydrogen-bond donors (Lipinski definition) is 2. The van der Waals surface area contributed by atoms with Crippen LogP contribution in [0.25, 0.3) is 6.08 Å². The van der Waals surface area contributed by atoms with Gasteiger partial charge in [0.1, 0.15) is 5.75 Å². The Morgan fingerprint density at radius 3 is 2.48 bits per heavy atom. The van der Waals surface area contributed by atoms with E-state index in [0.717, 1.165) is 10.5 Å². The molecule has 0 radical (unpaired) electrons. The summed E-state index contributed by atoms with van der Waals surface area (Å²) in [6.45, 7) is 3.36. The Balaban J connectivity index is 2.08.